The van der Waals surface area contributed by atoms with E-state index in [9.17, 15) is 10.2 Å². The molecular weight excluding hydrogens is 360 g/mol. The SMILES string of the molecule is OC(O)c1ccc2c(c1)Oc1ccccc1C2(c1ccccc1)c1ccccc1. The summed E-state index contributed by atoms with van der Waals surface area (Å²) in [6.45, 7) is 0. The maximum absolute atomic E-state index is 9.68. The molecule has 2 N–H and O–H groups in total. The number of rotatable bonds is 3. The van der Waals surface area contributed by atoms with Gasteiger partial charge in [0, 0.05) is 16.7 Å². The molecule has 0 radical (unpaired) electrons. The van der Waals surface area contributed by atoms with Gasteiger partial charge in [-0.15, -0.1) is 0 Å². The lowest BCUT2D eigenvalue weighted by Gasteiger charge is -2.41. The van der Waals surface area contributed by atoms with Crippen LogP contribution in [0.4, 0.5) is 0 Å². The zero-order valence-corrected chi connectivity index (χ0v) is 15.7. The van der Waals surface area contributed by atoms with Crippen LogP contribution in [-0.2, 0) is 5.41 Å². The molecule has 142 valence electrons. The number of para-hydroxylation sites is 1. The Labute approximate surface area is 169 Å². The van der Waals surface area contributed by atoms with Crippen molar-refractivity contribution in [3.05, 3.63) is 131 Å². The van der Waals surface area contributed by atoms with Crippen molar-refractivity contribution in [3.63, 3.8) is 0 Å². The third-order valence-electron chi connectivity index (χ3n) is 5.63. The summed E-state index contributed by atoms with van der Waals surface area (Å²) in [7, 11) is 0. The highest BCUT2D eigenvalue weighted by atomic mass is 16.5. The fourth-order valence-electron chi connectivity index (χ4n) is 4.39. The smallest absolute Gasteiger partial charge is 0.178 e. The normalized spacial score (nSPS) is 14.0. The maximum atomic E-state index is 9.68. The third kappa shape index (κ3) is 2.67. The zero-order chi connectivity index (χ0) is 19.8. The molecule has 0 amide bonds. The molecule has 0 unspecified atom stereocenters. The summed E-state index contributed by atoms with van der Waals surface area (Å²) in [5.41, 5.74) is 4.10. The summed E-state index contributed by atoms with van der Waals surface area (Å²) in [6.07, 6.45) is -1.55. The molecule has 4 aromatic rings. The molecule has 0 fully saturated rings. The van der Waals surface area contributed by atoms with Crippen LogP contribution in [0.2, 0.25) is 0 Å². The van der Waals surface area contributed by atoms with Crippen LogP contribution in [0.3, 0.4) is 0 Å². The van der Waals surface area contributed by atoms with E-state index in [0.29, 0.717) is 11.3 Å². The van der Waals surface area contributed by atoms with E-state index in [1.54, 1.807) is 12.1 Å². The summed E-state index contributed by atoms with van der Waals surface area (Å²) in [6, 6.07) is 34.2. The Hall–Kier alpha value is -3.40. The van der Waals surface area contributed by atoms with Crippen LogP contribution in [0.25, 0.3) is 0 Å². The second kappa shape index (κ2) is 6.89. The molecule has 0 bridgehead atoms. The van der Waals surface area contributed by atoms with Gasteiger partial charge in [0.1, 0.15) is 11.5 Å². The van der Waals surface area contributed by atoms with Gasteiger partial charge >= 0.3 is 0 Å². The first kappa shape index (κ1) is 17.7. The van der Waals surface area contributed by atoms with Crippen LogP contribution in [0.1, 0.15) is 34.1 Å². The van der Waals surface area contributed by atoms with E-state index in [-0.39, 0.29) is 0 Å². The van der Waals surface area contributed by atoms with Gasteiger partial charge in [-0.2, -0.15) is 0 Å². The number of ether oxygens (including phenoxy) is 1. The first-order chi connectivity index (χ1) is 14.2. The van der Waals surface area contributed by atoms with E-state index in [0.717, 1.165) is 28.0 Å². The fraction of sp³-hybridized carbons (Fsp3) is 0.0769. The van der Waals surface area contributed by atoms with Crippen LogP contribution in [-0.4, -0.2) is 10.2 Å². The van der Waals surface area contributed by atoms with Crippen molar-refractivity contribution < 1.29 is 14.9 Å². The van der Waals surface area contributed by atoms with E-state index >= 15 is 0 Å². The minimum atomic E-state index is -1.55. The Kier molecular flexibility index (Phi) is 4.20. The fourth-order valence-corrected chi connectivity index (χ4v) is 4.39. The molecule has 3 nitrogen and oxygen atoms in total. The van der Waals surface area contributed by atoms with Crippen LogP contribution in [0.15, 0.2) is 103 Å². The summed E-state index contributed by atoms with van der Waals surface area (Å²) in [4.78, 5) is 0. The second-order valence-electron chi connectivity index (χ2n) is 7.21. The van der Waals surface area contributed by atoms with Crippen molar-refractivity contribution in [1.29, 1.82) is 0 Å². The molecule has 4 aromatic carbocycles. The molecule has 1 heterocycles. The molecule has 3 heteroatoms. The van der Waals surface area contributed by atoms with Crippen LogP contribution >= 0.6 is 0 Å². The Morgan fingerprint density at radius 2 is 1.14 bits per heavy atom. The Bertz CT molecular complexity index is 1110. The molecule has 1 aliphatic heterocycles. The van der Waals surface area contributed by atoms with Crippen LogP contribution in [0, 0.1) is 0 Å². The van der Waals surface area contributed by atoms with Crippen LogP contribution in [0.5, 0.6) is 11.5 Å². The second-order valence-corrected chi connectivity index (χ2v) is 7.21. The molecule has 0 atom stereocenters. The molecule has 0 saturated heterocycles. The molecule has 5 rings (SSSR count). The predicted octanol–water partition coefficient (Wildman–Crippen LogP) is 5.16. The highest BCUT2D eigenvalue weighted by Gasteiger charge is 2.45. The number of benzene rings is 4. The predicted molar refractivity (Wildman–Crippen MR) is 112 cm³/mol. The first-order valence-electron chi connectivity index (χ1n) is 9.60. The van der Waals surface area contributed by atoms with Gasteiger partial charge in [0.2, 0.25) is 0 Å². The van der Waals surface area contributed by atoms with Gasteiger partial charge in [0.05, 0.1) is 5.41 Å². The lowest BCUT2D eigenvalue weighted by molar-refractivity contribution is -0.0426. The highest BCUT2D eigenvalue weighted by molar-refractivity contribution is 5.69. The monoisotopic (exact) mass is 380 g/mol. The van der Waals surface area contributed by atoms with E-state index in [4.69, 9.17) is 4.74 Å². The van der Waals surface area contributed by atoms with Gasteiger partial charge in [-0.05, 0) is 23.3 Å². The van der Waals surface area contributed by atoms with Gasteiger partial charge < -0.3 is 14.9 Å². The standard InChI is InChI=1S/C26H20O3/c27-25(28)18-15-16-22-24(17-18)29-23-14-8-7-13-21(23)26(22,19-9-3-1-4-10-19)20-11-5-2-6-12-20/h1-17,25,27-28H. The van der Waals surface area contributed by atoms with Crippen molar-refractivity contribution >= 4 is 0 Å². The number of aliphatic hydroxyl groups excluding tert-OH is 1. The van der Waals surface area contributed by atoms with Crippen molar-refractivity contribution in [1.82, 2.24) is 0 Å². The van der Waals surface area contributed by atoms with E-state index < -0.39 is 11.7 Å². The largest absolute Gasteiger partial charge is 0.457 e. The minimum absolute atomic E-state index is 0.401. The lowest BCUT2D eigenvalue weighted by Crippen LogP contribution is -2.34. The summed E-state index contributed by atoms with van der Waals surface area (Å²) in [5, 5.41) is 19.4. The van der Waals surface area contributed by atoms with Crippen molar-refractivity contribution in [3.8, 4) is 11.5 Å². The number of fused-ring (bicyclic) bond motifs is 2. The first-order valence-corrected chi connectivity index (χ1v) is 9.60. The Balaban J connectivity index is 1.92. The molecule has 1 aliphatic rings. The Morgan fingerprint density at radius 3 is 1.76 bits per heavy atom. The Morgan fingerprint density at radius 1 is 0.586 bits per heavy atom. The van der Waals surface area contributed by atoms with Crippen molar-refractivity contribution in [2.45, 2.75) is 11.7 Å². The minimum Gasteiger partial charge on any atom is -0.457 e. The van der Waals surface area contributed by atoms with Gasteiger partial charge in [0.25, 0.3) is 0 Å². The van der Waals surface area contributed by atoms with E-state index in [1.807, 2.05) is 60.7 Å². The van der Waals surface area contributed by atoms with Gasteiger partial charge in [-0.3, -0.25) is 0 Å². The summed E-state index contributed by atoms with van der Waals surface area (Å²) < 4.78 is 6.24. The third-order valence-corrected chi connectivity index (χ3v) is 5.63. The number of aliphatic hydroxyl groups is 2. The van der Waals surface area contributed by atoms with Crippen molar-refractivity contribution in [2.75, 3.05) is 0 Å². The topological polar surface area (TPSA) is 49.7 Å². The number of hydrogen-bond donors (Lipinski definition) is 2. The zero-order valence-electron chi connectivity index (χ0n) is 15.7. The molecule has 0 aromatic heterocycles. The van der Waals surface area contributed by atoms with Gasteiger partial charge in [0.15, 0.2) is 6.29 Å². The molecule has 29 heavy (non-hydrogen) atoms. The highest BCUT2D eigenvalue weighted by Crippen LogP contribution is 2.55. The van der Waals surface area contributed by atoms with Gasteiger partial charge in [-0.25, -0.2) is 0 Å². The molecule has 0 saturated carbocycles. The average Bonchev–Trinajstić information content (AvgIpc) is 2.78. The summed E-state index contributed by atoms with van der Waals surface area (Å²) >= 11 is 0. The molecule has 0 aliphatic carbocycles. The lowest BCUT2D eigenvalue weighted by atomic mass is 9.63. The maximum Gasteiger partial charge on any atom is 0.178 e. The van der Waals surface area contributed by atoms with E-state index in [1.165, 1.54) is 0 Å². The molecular formula is C26H20O3. The average molecular weight is 380 g/mol. The van der Waals surface area contributed by atoms with Crippen LogP contribution < -0.4 is 4.74 Å². The summed E-state index contributed by atoms with van der Waals surface area (Å²) in [5.74, 6) is 1.39. The quantitative estimate of drug-likeness (QED) is 0.425. The van der Waals surface area contributed by atoms with Crippen molar-refractivity contribution in [2.24, 2.45) is 0 Å². The molecule has 0 spiro atoms. The van der Waals surface area contributed by atoms with Gasteiger partial charge in [-0.1, -0.05) is 91.0 Å². The number of hydrogen-bond acceptors (Lipinski definition) is 3. The van der Waals surface area contributed by atoms with E-state index in [2.05, 4.69) is 30.3 Å².